The molecule has 1 fully saturated rings. The Morgan fingerprint density at radius 3 is 2.58 bits per heavy atom. The minimum Gasteiger partial charge on any atom is -0.396 e. The zero-order valence-corrected chi connectivity index (χ0v) is 19.0. The van der Waals surface area contributed by atoms with Crippen LogP contribution in [0.15, 0.2) is 47.3 Å². The van der Waals surface area contributed by atoms with Crippen molar-refractivity contribution in [3.05, 3.63) is 75.2 Å². The van der Waals surface area contributed by atoms with Crippen molar-refractivity contribution < 1.29 is 9.90 Å². The molecule has 0 bridgehead atoms. The summed E-state index contributed by atoms with van der Waals surface area (Å²) in [4.78, 5) is 28.8. The number of rotatable bonds is 4. The van der Waals surface area contributed by atoms with Crippen molar-refractivity contribution in [3.8, 4) is 0 Å². The zero-order chi connectivity index (χ0) is 22.7. The van der Waals surface area contributed by atoms with Gasteiger partial charge in [-0.2, -0.15) is 0 Å². The van der Waals surface area contributed by atoms with Gasteiger partial charge >= 0.3 is 0 Å². The van der Waals surface area contributed by atoms with E-state index in [1.807, 2.05) is 29.8 Å². The van der Waals surface area contributed by atoms with E-state index in [9.17, 15) is 14.7 Å². The zero-order valence-electron chi connectivity index (χ0n) is 19.0. The number of benzene rings is 1. The second-order valence-corrected chi connectivity index (χ2v) is 10.2. The number of fused-ring (bicyclic) bond motifs is 4. The Labute approximate surface area is 193 Å². The van der Waals surface area contributed by atoms with Crippen molar-refractivity contribution in [2.24, 2.45) is 11.8 Å². The van der Waals surface area contributed by atoms with Gasteiger partial charge in [0.15, 0.2) is 0 Å². The van der Waals surface area contributed by atoms with Crippen LogP contribution in [-0.4, -0.2) is 46.2 Å². The fourth-order valence-electron chi connectivity index (χ4n) is 6.88. The summed E-state index contributed by atoms with van der Waals surface area (Å²) in [5.74, 6) is -0.153. The molecule has 0 spiro atoms. The average molecular weight is 446 g/mol. The predicted molar refractivity (Wildman–Crippen MR) is 127 cm³/mol. The van der Waals surface area contributed by atoms with Crippen molar-refractivity contribution in [1.29, 1.82) is 0 Å². The van der Waals surface area contributed by atoms with E-state index < -0.39 is 6.04 Å². The number of hydrogen-bond acceptors (Lipinski definition) is 4. The molecule has 1 amide bonds. The number of amides is 1. The first kappa shape index (κ1) is 20.9. The van der Waals surface area contributed by atoms with Crippen molar-refractivity contribution in [2.45, 2.75) is 56.8 Å². The molecule has 1 aromatic carbocycles. The van der Waals surface area contributed by atoms with Gasteiger partial charge in [0.1, 0.15) is 0 Å². The highest BCUT2D eigenvalue weighted by Crippen LogP contribution is 2.48. The van der Waals surface area contributed by atoms with Crippen molar-refractivity contribution in [3.63, 3.8) is 0 Å². The standard InChI is InChI=1S/C27H31N3O3/c1-29-24-21(14-30-23(24)11-10-20(27(30)33)16-6-2-3-7-16)22(15-31)25(29)26(32)28-19-12-17-8-4-5-9-18(17)13-19/h4-6,8-11,19,21-22,24-25,31H,2-3,7,12-15H2,1H3,(H,28,32)/t21-,22-,24+,25-/m1/s1. The minimum atomic E-state index is -0.394. The van der Waals surface area contributed by atoms with Crippen LogP contribution in [0.1, 0.15) is 47.7 Å². The van der Waals surface area contributed by atoms with Gasteiger partial charge in [0.2, 0.25) is 5.91 Å². The first-order valence-electron chi connectivity index (χ1n) is 12.2. The van der Waals surface area contributed by atoms with Crippen molar-refractivity contribution in [2.75, 3.05) is 13.7 Å². The number of aliphatic hydroxyl groups excluding tert-OH is 1. The lowest BCUT2D eigenvalue weighted by Crippen LogP contribution is -2.50. The summed E-state index contributed by atoms with van der Waals surface area (Å²) in [5, 5.41) is 13.6. The molecule has 6 heteroatoms. The second-order valence-electron chi connectivity index (χ2n) is 10.2. The molecule has 2 N–H and O–H groups in total. The third-order valence-electron chi connectivity index (χ3n) is 8.41. The molecule has 2 aliphatic heterocycles. The number of pyridine rings is 1. The molecule has 4 atom stereocenters. The molecule has 0 radical (unpaired) electrons. The number of carbonyl (C=O) groups is 1. The Balaban J connectivity index is 1.25. The van der Waals surface area contributed by atoms with Crippen LogP contribution in [0.25, 0.3) is 5.57 Å². The fourth-order valence-corrected chi connectivity index (χ4v) is 6.88. The van der Waals surface area contributed by atoms with Gasteiger partial charge in [-0.15, -0.1) is 0 Å². The largest absolute Gasteiger partial charge is 0.396 e. The van der Waals surface area contributed by atoms with Gasteiger partial charge in [0.05, 0.1) is 12.1 Å². The van der Waals surface area contributed by atoms with Crippen molar-refractivity contribution in [1.82, 2.24) is 14.8 Å². The maximum absolute atomic E-state index is 13.4. The molecule has 6 nitrogen and oxygen atoms in total. The molecule has 1 aromatic heterocycles. The van der Waals surface area contributed by atoms with E-state index >= 15 is 0 Å². The summed E-state index contributed by atoms with van der Waals surface area (Å²) in [5.41, 5.74) is 5.63. The van der Waals surface area contributed by atoms with Gasteiger partial charge < -0.3 is 15.0 Å². The minimum absolute atomic E-state index is 0.00890. The normalized spacial score (nSPS) is 28.5. The number of nitrogens with one attached hydrogen (secondary N) is 1. The number of hydrogen-bond donors (Lipinski definition) is 2. The molecule has 0 saturated carbocycles. The van der Waals surface area contributed by atoms with E-state index in [4.69, 9.17) is 0 Å². The lowest BCUT2D eigenvalue weighted by Gasteiger charge is -2.28. The number of nitrogens with zero attached hydrogens (tertiary/aromatic N) is 2. The molecule has 2 aromatic rings. The summed E-state index contributed by atoms with van der Waals surface area (Å²) in [6, 6.07) is 12.1. The van der Waals surface area contributed by atoms with Crippen LogP contribution < -0.4 is 10.9 Å². The van der Waals surface area contributed by atoms with Crippen LogP contribution in [0.3, 0.4) is 0 Å². The Hall–Kier alpha value is -2.70. The Kier molecular flexibility index (Phi) is 5.03. The molecule has 0 unspecified atom stereocenters. The van der Waals surface area contributed by atoms with E-state index in [0.29, 0.717) is 6.54 Å². The van der Waals surface area contributed by atoms with Crippen LogP contribution in [0.2, 0.25) is 0 Å². The average Bonchev–Trinajstić information content (AvgIpc) is 3.57. The molecular formula is C27H31N3O3. The molecule has 4 aliphatic rings. The monoisotopic (exact) mass is 445 g/mol. The van der Waals surface area contributed by atoms with Gasteiger partial charge in [0, 0.05) is 42.3 Å². The molecule has 172 valence electrons. The Morgan fingerprint density at radius 1 is 1.15 bits per heavy atom. The van der Waals surface area contributed by atoms with Crippen LogP contribution >= 0.6 is 0 Å². The SMILES string of the molecule is CN1[C@@H]2c3ccc(C4=CCCC4)c(=O)n3C[C@@H]2[C@@H](CO)[C@@H]1C(=O)NC1Cc2ccccc2C1. The summed E-state index contributed by atoms with van der Waals surface area (Å²) >= 11 is 0. The highest BCUT2D eigenvalue weighted by atomic mass is 16.3. The smallest absolute Gasteiger partial charge is 0.258 e. The molecule has 1 saturated heterocycles. The van der Waals surface area contributed by atoms with Gasteiger partial charge in [-0.1, -0.05) is 30.3 Å². The third kappa shape index (κ3) is 3.22. The Bertz CT molecular complexity index is 1170. The number of likely N-dealkylation sites (tertiary alicyclic amines) is 1. The summed E-state index contributed by atoms with van der Waals surface area (Å²) < 4.78 is 1.89. The molecule has 2 aliphatic carbocycles. The Morgan fingerprint density at radius 2 is 1.91 bits per heavy atom. The highest BCUT2D eigenvalue weighted by molar-refractivity contribution is 5.83. The van der Waals surface area contributed by atoms with Gasteiger partial charge in [0.25, 0.3) is 5.56 Å². The van der Waals surface area contributed by atoms with E-state index in [2.05, 4.69) is 34.5 Å². The molecule has 3 heterocycles. The maximum Gasteiger partial charge on any atom is 0.258 e. The summed E-state index contributed by atoms with van der Waals surface area (Å²) in [6.07, 6.45) is 7.01. The van der Waals surface area contributed by atoms with Crippen LogP contribution in [-0.2, 0) is 24.2 Å². The van der Waals surface area contributed by atoms with Gasteiger partial charge in [-0.3, -0.25) is 14.5 Å². The first-order valence-corrected chi connectivity index (χ1v) is 12.2. The quantitative estimate of drug-likeness (QED) is 0.757. The summed E-state index contributed by atoms with van der Waals surface area (Å²) in [6.45, 7) is 0.503. The van der Waals surface area contributed by atoms with Crippen LogP contribution in [0, 0.1) is 11.8 Å². The third-order valence-corrected chi connectivity index (χ3v) is 8.41. The van der Waals surface area contributed by atoms with E-state index in [0.717, 1.165) is 48.9 Å². The fraction of sp³-hybridized carbons (Fsp3) is 0.481. The maximum atomic E-state index is 13.4. The van der Waals surface area contributed by atoms with Crippen molar-refractivity contribution >= 4 is 11.5 Å². The van der Waals surface area contributed by atoms with E-state index in [1.165, 1.54) is 11.1 Å². The molecule has 6 rings (SSSR count). The molecular weight excluding hydrogens is 414 g/mol. The molecule has 33 heavy (non-hydrogen) atoms. The van der Waals surface area contributed by atoms with E-state index in [-0.39, 0.29) is 42.0 Å². The van der Waals surface area contributed by atoms with E-state index in [1.54, 1.807) is 0 Å². The number of carbonyl (C=O) groups excluding carboxylic acids is 1. The van der Waals surface area contributed by atoms with Crippen LogP contribution in [0.4, 0.5) is 0 Å². The topological polar surface area (TPSA) is 74.6 Å². The number of allylic oxidation sites excluding steroid dienone is 2. The lowest BCUT2D eigenvalue weighted by atomic mass is 9.88. The first-order chi connectivity index (χ1) is 16.1. The summed E-state index contributed by atoms with van der Waals surface area (Å²) in [7, 11) is 1.97. The lowest BCUT2D eigenvalue weighted by molar-refractivity contribution is -0.127. The van der Waals surface area contributed by atoms with Crippen LogP contribution in [0.5, 0.6) is 0 Å². The highest BCUT2D eigenvalue weighted by Gasteiger charge is 2.54. The van der Waals surface area contributed by atoms with Gasteiger partial charge in [-0.05, 0) is 68.0 Å². The van der Waals surface area contributed by atoms with Gasteiger partial charge in [-0.25, -0.2) is 0 Å². The predicted octanol–water partition coefficient (Wildman–Crippen LogP) is 2.29. The number of aliphatic hydroxyl groups is 1. The second kappa shape index (κ2) is 7.96. The number of aromatic nitrogens is 1. The number of likely N-dealkylation sites (N-methyl/N-ethyl adjacent to an activating group) is 1.